The standard InChI is InChI=1S/C12H17N3O/c1-2-6-15-12(16)8-10(9-13)11-5-3-4-7-14-11/h2-5,7,10H,1,6,8-9,13H2,(H,15,16). The monoisotopic (exact) mass is 219 g/mol. The zero-order valence-corrected chi connectivity index (χ0v) is 9.23. The normalized spacial score (nSPS) is 11.8. The van der Waals surface area contributed by atoms with Crippen LogP contribution in [-0.2, 0) is 4.79 Å². The first-order valence-electron chi connectivity index (χ1n) is 5.26. The summed E-state index contributed by atoms with van der Waals surface area (Å²) in [6.07, 6.45) is 3.72. The van der Waals surface area contributed by atoms with Gasteiger partial charge in [0.05, 0.1) is 0 Å². The summed E-state index contributed by atoms with van der Waals surface area (Å²) >= 11 is 0. The molecule has 86 valence electrons. The van der Waals surface area contributed by atoms with E-state index in [1.54, 1.807) is 12.3 Å². The van der Waals surface area contributed by atoms with Crippen LogP contribution in [-0.4, -0.2) is 24.0 Å². The van der Waals surface area contributed by atoms with Gasteiger partial charge >= 0.3 is 0 Å². The van der Waals surface area contributed by atoms with Gasteiger partial charge in [-0.25, -0.2) is 0 Å². The number of nitrogens with one attached hydrogen (secondary N) is 1. The van der Waals surface area contributed by atoms with E-state index in [1.807, 2.05) is 18.2 Å². The van der Waals surface area contributed by atoms with Crippen LogP contribution in [0, 0.1) is 0 Å². The maximum Gasteiger partial charge on any atom is 0.220 e. The van der Waals surface area contributed by atoms with Crippen LogP contribution in [0.4, 0.5) is 0 Å². The molecule has 0 aliphatic rings. The first-order valence-corrected chi connectivity index (χ1v) is 5.26. The van der Waals surface area contributed by atoms with Gasteiger partial charge in [0.25, 0.3) is 0 Å². The van der Waals surface area contributed by atoms with Crippen molar-refractivity contribution < 1.29 is 4.79 Å². The fraction of sp³-hybridized carbons (Fsp3) is 0.333. The number of hydrogen-bond acceptors (Lipinski definition) is 3. The zero-order valence-electron chi connectivity index (χ0n) is 9.23. The molecule has 1 unspecified atom stereocenters. The summed E-state index contributed by atoms with van der Waals surface area (Å²) in [6.45, 7) is 4.44. The fourth-order valence-corrected chi connectivity index (χ4v) is 1.41. The predicted octanol–water partition coefficient (Wildman–Crippen LogP) is 0.816. The molecule has 1 aromatic heterocycles. The van der Waals surface area contributed by atoms with Gasteiger partial charge in [-0.15, -0.1) is 6.58 Å². The molecule has 0 aliphatic carbocycles. The molecule has 4 nitrogen and oxygen atoms in total. The Hall–Kier alpha value is -1.68. The van der Waals surface area contributed by atoms with Crippen molar-refractivity contribution in [2.75, 3.05) is 13.1 Å². The van der Waals surface area contributed by atoms with Gasteiger partial charge in [-0.05, 0) is 12.1 Å². The Bertz CT molecular complexity index is 337. The van der Waals surface area contributed by atoms with Crippen molar-refractivity contribution in [2.45, 2.75) is 12.3 Å². The molecule has 1 aromatic rings. The molecule has 1 rings (SSSR count). The van der Waals surface area contributed by atoms with E-state index < -0.39 is 0 Å². The number of nitrogens with zero attached hydrogens (tertiary/aromatic N) is 1. The van der Waals surface area contributed by atoms with E-state index in [9.17, 15) is 4.79 Å². The Morgan fingerprint density at radius 1 is 1.62 bits per heavy atom. The molecule has 0 aromatic carbocycles. The topological polar surface area (TPSA) is 68.0 Å². The van der Waals surface area contributed by atoms with Gasteiger partial charge in [0, 0.05) is 37.3 Å². The lowest BCUT2D eigenvalue weighted by molar-refractivity contribution is -0.121. The number of aromatic nitrogens is 1. The highest BCUT2D eigenvalue weighted by Gasteiger charge is 2.14. The molecule has 0 aliphatic heterocycles. The SMILES string of the molecule is C=CCNC(=O)CC(CN)c1ccccn1. The van der Waals surface area contributed by atoms with E-state index in [1.165, 1.54) is 0 Å². The van der Waals surface area contributed by atoms with Crippen LogP contribution in [0.2, 0.25) is 0 Å². The second-order valence-corrected chi connectivity index (χ2v) is 3.48. The molecular formula is C12H17N3O. The number of carbonyl (C=O) groups excluding carboxylic acids is 1. The third-order valence-corrected chi connectivity index (χ3v) is 2.27. The number of rotatable bonds is 6. The average Bonchev–Trinajstić information content (AvgIpc) is 2.34. The molecule has 16 heavy (non-hydrogen) atoms. The molecule has 0 spiro atoms. The molecule has 0 bridgehead atoms. The molecule has 0 radical (unpaired) electrons. The van der Waals surface area contributed by atoms with E-state index in [4.69, 9.17) is 5.73 Å². The summed E-state index contributed by atoms with van der Waals surface area (Å²) in [4.78, 5) is 15.7. The Kier molecular flexibility index (Phi) is 5.22. The van der Waals surface area contributed by atoms with Gasteiger partial charge in [0.15, 0.2) is 0 Å². The van der Waals surface area contributed by atoms with Gasteiger partial charge in [-0.1, -0.05) is 12.1 Å². The Morgan fingerprint density at radius 2 is 2.44 bits per heavy atom. The van der Waals surface area contributed by atoms with Gasteiger partial charge in [-0.2, -0.15) is 0 Å². The third kappa shape index (κ3) is 3.82. The van der Waals surface area contributed by atoms with Crippen molar-refractivity contribution in [3.05, 3.63) is 42.7 Å². The summed E-state index contributed by atoms with van der Waals surface area (Å²) in [6, 6.07) is 5.62. The second kappa shape index (κ2) is 6.74. The number of hydrogen-bond donors (Lipinski definition) is 2. The molecule has 1 amide bonds. The highest BCUT2D eigenvalue weighted by Crippen LogP contribution is 2.15. The highest BCUT2D eigenvalue weighted by atomic mass is 16.1. The molecule has 0 saturated carbocycles. The van der Waals surface area contributed by atoms with Gasteiger partial charge < -0.3 is 11.1 Å². The average molecular weight is 219 g/mol. The largest absolute Gasteiger partial charge is 0.353 e. The molecule has 1 atom stereocenters. The van der Waals surface area contributed by atoms with Crippen molar-refractivity contribution in [1.29, 1.82) is 0 Å². The first-order chi connectivity index (χ1) is 7.77. The van der Waals surface area contributed by atoms with Crippen molar-refractivity contribution in [3.8, 4) is 0 Å². The number of nitrogens with two attached hydrogens (primary N) is 1. The van der Waals surface area contributed by atoms with Crippen molar-refractivity contribution in [2.24, 2.45) is 5.73 Å². The molecule has 0 saturated heterocycles. The summed E-state index contributed by atoms with van der Waals surface area (Å²) < 4.78 is 0. The first kappa shape index (κ1) is 12.4. The van der Waals surface area contributed by atoms with Crippen LogP contribution >= 0.6 is 0 Å². The van der Waals surface area contributed by atoms with Gasteiger partial charge in [0.2, 0.25) is 5.91 Å². The minimum Gasteiger partial charge on any atom is -0.353 e. The van der Waals surface area contributed by atoms with Gasteiger partial charge in [0.1, 0.15) is 0 Å². The van der Waals surface area contributed by atoms with Crippen molar-refractivity contribution >= 4 is 5.91 Å². The smallest absolute Gasteiger partial charge is 0.220 e. The van der Waals surface area contributed by atoms with E-state index in [0.29, 0.717) is 19.5 Å². The third-order valence-electron chi connectivity index (χ3n) is 2.27. The highest BCUT2D eigenvalue weighted by molar-refractivity contribution is 5.76. The van der Waals surface area contributed by atoms with E-state index >= 15 is 0 Å². The van der Waals surface area contributed by atoms with Crippen LogP contribution < -0.4 is 11.1 Å². The molecule has 1 heterocycles. The van der Waals surface area contributed by atoms with E-state index in [0.717, 1.165) is 5.69 Å². The maximum atomic E-state index is 11.5. The summed E-state index contributed by atoms with van der Waals surface area (Å²) in [5.41, 5.74) is 6.50. The van der Waals surface area contributed by atoms with E-state index in [-0.39, 0.29) is 11.8 Å². The lowest BCUT2D eigenvalue weighted by Crippen LogP contribution is -2.27. The van der Waals surface area contributed by atoms with Crippen molar-refractivity contribution in [1.82, 2.24) is 10.3 Å². The van der Waals surface area contributed by atoms with Crippen LogP contribution in [0.5, 0.6) is 0 Å². The lowest BCUT2D eigenvalue weighted by atomic mass is 10.0. The maximum absolute atomic E-state index is 11.5. The van der Waals surface area contributed by atoms with Crippen LogP contribution in [0.25, 0.3) is 0 Å². The summed E-state index contributed by atoms with van der Waals surface area (Å²) in [5, 5.41) is 2.73. The van der Waals surface area contributed by atoms with Crippen LogP contribution in [0.3, 0.4) is 0 Å². The summed E-state index contributed by atoms with van der Waals surface area (Å²) in [5.74, 6) is -0.0491. The zero-order chi connectivity index (χ0) is 11.8. The Morgan fingerprint density at radius 3 is 3.00 bits per heavy atom. The lowest BCUT2D eigenvalue weighted by Gasteiger charge is -2.13. The molecular weight excluding hydrogens is 202 g/mol. The summed E-state index contributed by atoms with van der Waals surface area (Å²) in [7, 11) is 0. The quantitative estimate of drug-likeness (QED) is 0.696. The fourth-order valence-electron chi connectivity index (χ4n) is 1.41. The van der Waals surface area contributed by atoms with E-state index in [2.05, 4.69) is 16.9 Å². The predicted molar refractivity (Wildman–Crippen MR) is 63.9 cm³/mol. The molecule has 4 heteroatoms. The van der Waals surface area contributed by atoms with Crippen LogP contribution in [0.1, 0.15) is 18.0 Å². The minimum absolute atomic E-state index is 0.0222. The van der Waals surface area contributed by atoms with Crippen molar-refractivity contribution in [3.63, 3.8) is 0 Å². The number of amides is 1. The number of carbonyl (C=O) groups is 1. The molecule has 3 N–H and O–H groups in total. The Balaban J connectivity index is 2.55. The van der Waals surface area contributed by atoms with Gasteiger partial charge in [-0.3, -0.25) is 9.78 Å². The minimum atomic E-state index is -0.0268. The Labute approximate surface area is 95.6 Å². The number of pyridine rings is 1. The molecule has 0 fully saturated rings. The second-order valence-electron chi connectivity index (χ2n) is 3.48. The van der Waals surface area contributed by atoms with Crippen LogP contribution in [0.15, 0.2) is 37.1 Å².